The average Bonchev–Trinajstić information content (AvgIpc) is 2.71. The minimum Gasteiger partial charge on any atom is -0.381 e. The van der Waals surface area contributed by atoms with Crippen LogP contribution in [0.2, 0.25) is 0 Å². The molecule has 0 amide bonds. The summed E-state index contributed by atoms with van der Waals surface area (Å²) in [5.74, 6) is 1.78. The van der Waals surface area contributed by atoms with Crippen LogP contribution in [0, 0.1) is 5.92 Å². The SMILES string of the molecule is CN=C(NCC1(OC)CCOCC1)N1CCC(Cc2ccccc2)CC1. The first-order valence-electron chi connectivity index (χ1n) is 9.87. The number of ether oxygens (including phenoxy) is 2. The third kappa shape index (κ3) is 4.98. The summed E-state index contributed by atoms with van der Waals surface area (Å²) in [5.41, 5.74) is 1.33. The minimum atomic E-state index is -0.125. The lowest BCUT2D eigenvalue weighted by atomic mass is 9.90. The van der Waals surface area contributed by atoms with Crippen LogP contribution >= 0.6 is 0 Å². The Bertz CT molecular complexity index is 562. The molecular weight excluding hydrogens is 326 g/mol. The number of nitrogens with zero attached hydrogens (tertiary/aromatic N) is 2. The van der Waals surface area contributed by atoms with Crippen LogP contribution in [0.5, 0.6) is 0 Å². The smallest absolute Gasteiger partial charge is 0.193 e. The van der Waals surface area contributed by atoms with E-state index in [1.165, 1.54) is 24.8 Å². The summed E-state index contributed by atoms with van der Waals surface area (Å²) in [6.07, 6.45) is 5.50. The third-order valence-electron chi connectivity index (χ3n) is 5.90. The van der Waals surface area contributed by atoms with Crippen molar-refractivity contribution in [3.63, 3.8) is 0 Å². The van der Waals surface area contributed by atoms with Crippen molar-refractivity contribution in [1.82, 2.24) is 10.2 Å². The van der Waals surface area contributed by atoms with Crippen molar-refractivity contribution in [3.05, 3.63) is 35.9 Å². The van der Waals surface area contributed by atoms with E-state index < -0.39 is 0 Å². The molecule has 2 saturated heterocycles. The molecule has 3 rings (SSSR count). The van der Waals surface area contributed by atoms with Gasteiger partial charge in [0.2, 0.25) is 0 Å². The molecule has 1 N–H and O–H groups in total. The molecule has 5 nitrogen and oxygen atoms in total. The quantitative estimate of drug-likeness (QED) is 0.649. The molecule has 2 fully saturated rings. The monoisotopic (exact) mass is 359 g/mol. The molecule has 26 heavy (non-hydrogen) atoms. The maximum absolute atomic E-state index is 5.83. The summed E-state index contributed by atoms with van der Waals surface area (Å²) < 4.78 is 11.3. The van der Waals surface area contributed by atoms with Crippen LogP contribution in [0.4, 0.5) is 0 Å². The second-order valence-corrected chi connectivity index (χ2v) is 7.52. The molecule has 1 aromatic carbocycles. The van der Waals surface area contributed by atoms with Crippen LogP contribution in [0.3, 0.4) is 0 Å². The largest absolute Gasteiger partial charge is 0.381 e. The summed E-state index contributed by atoms with van der Waals surface area (Å²) in [6.45, 7) is 4.49. The van der Waals surface area contributed by atoms with E-state index in [-0.39, 0.29) is 5.60 Å². The van der Waals surface area contributed by atoms with Gasteiger partial charge in [-0.15, -0.1) is 0 Å². The number of hydrogen-bond acceptors (Lipinski definition) is 3. The zero-order valence-electron chi connectivity index (χ0n) is 16.2. The standard InChI is InChI=1S/C21H33N3O2/c1-22-20(23-17-21(25-2)10-14-26-15-11-21)24-12-8-19(9-13-24)16-18-6-4-3-5-7-18/h3-7,19H,8-17H2,1-2H3,(H,22,23). The maximum atomic E-state index is 5.83. The number of piperidine rings is 1. The fraction of sp³-hybridized carbons (Fsp3) is 0.667. The van der Waals surface area contributed by atoms with Gasteiger partial charge in [-0.2, -0.15) is 0 Å². The molecular formula is C21H33N3O2. The van der Waals surface area contributed by atoms with Crippen molar-refractivity contribution in [2.45, 2.75) is 37.7 Å². The number of nitrogens with one attached hydrogen (secondary N) is 1. The van der Waals surface area contributed by atoms with Crippen LogP contribution in [-0.2, 0) is 15.9 Å². The normalized spacial score (nSPS) is 21.6. The first-order chi connectivity index (χ1) is 12.7. The van der Waals surface area contributed by atoms with Gasteiger partial charge in [0, 0.05) is 59.8 Å². The Hall–Kier alpha value is -1.59. The highest BCUT2D eigenvalue weighted by Gasteiger charge is 2.33. The van der Waals surface area contributed by atoms with Crippen molar-refractivity contribution >= 4 is 5.96 Å². The van der Waals surface area contributed by atoms with E-state index >= 15 is 0 Å². The molecule has 0 saturated carbocycles. The van der Waals surface area contributed by atoms with Crippen molar-refractivity contribution < 1.29 is 9.47 Å². The van der Waals surface area contributed by atoms with E-state index in [1.54, 1.807) is 0 Å². The molecule has 5 heteroatoms. The molecule has 0 aliphatic carbocycles. The van der Waals surface area contributed by atoms with E-state index in [4.69, 9.17) is 9.47 Å². The van der Waals surface area contributed by atoms with Crippen LogP contribution in [-0.4, -0.2) is 63.5 Å². The van der Waals surface area contributed by atoms with Crippen molar-refractivity contribution in [2.24, 2.45) is 10.9 Å². The van der Waals surface area contributed by atoms with E-state index in [9.17, 15) is 0 Å². The molecule has 1 aromatic rings. The third-order valence-corrected chi connectivity index (χ3v) is 5.90. The summed E-state index contributed by atoms with van der Waals surface area (Å²) >= 11 is 0. The van der Waals surface area contributed by atoms with Gasteiger partial charge in [0.25, 0.3) is 0 Å². The van der Waals surface area contributed by atoms with Gasteiger partial charge >= 0.3 is 0 Å². The molecule has 2 aliphatic rings. The van der Waals surface area contributed by atoms with Gasteiger partial charge < -0.3 is 19.7 Å². The molecule has 0 atom stereocenters. The highest BCUT2D eigenvalue weighted by molar-refractivity contribution is 5.80. The Morgan fingerprint density at radius 3 is 2.54 bits per heavy atom. The Morgan fingerprint density at radius 2 is 1.92 bits per heavy atom. The number of benzene rings is 1. The Morgan fingerprint density at radius 1 is 1.23 bits per heavy atom. The Labute approximate surface area is 157 Å². The molecule has 0 spiro atoms. The van der Waals surface area contributed by atoms with Gasteiger partial charge in [0.05, 0.1) is 5.60 Å². The van der Waals surface area contributed by atoms with E-state index in [2.05, 4.69) is 45.5 Å². The van der Waals surface area contributed by atoms with E-state index in [0.29, 0.717) is 0 Å². The highest BCUT2D eigenvalue weighted by atomic mass is 16.5. The van der Waals surface area contributed by atoms with Gasteiger partial charge in [0.15, 0.2) is 5.96 Å². The zero-order chi connectivity index (χ0) is 18.2. The number of hydrogen-bond donors (Lipinski definition) is 1. The zero-order valence-corrected chi connectivity index (χ0v) is 16.2. The van der Waals surface area contributed by atoms with E-state index in [0.717, 1.165) is 57.6 Å². The summed E-state index contributed by atoms with van der Waals surface area (Å²) in [5, 5.41) is 3.56. The topological polar surface area (TPSA) is 46.1 Å². The van der Waals surface area contributed by atoms with Crippen molar-refractivity contribution in [1.29, 1.82) is 0 Å². The fourth-order valence-corrected chi connectivity index (χ4v) is 4.07. The molecule has 2 heterocycles. The lowest BCUT2D eigenvalue weighted by Crippen LogP contribution is -2.53. The van der Waals surface area contributed by atoms with Gasteiger partial charge in [-0.05, 0) is 30.7 Å². The molecule has 0 radical (unpaired) electrons. The Kier molecular flexibility index (Phi) is 6.92. The highest BCUT2D eigenvalue weighted by Crippen LogP contribution is 2.24. The van der Waals surface area contributed by atoms with Crippen LogP contribution in [0.1, 0.15) is 31.2 Å². The number of rotatable bonds is 5. The average molecular weight is 360 g/mol. The van der Waals surface area contributed by atoms with Crippen molar-refractivity contribution in [2.75, 3.05) is 47.0 Å². The summed E-state index contributed by atoms with van der Waals surface area (Å²) in [6, 6.07) is 10.8. The fourth-order valence-electron chi connectivity index (χ4n) is 4.07. The molecule has 0 unspecified atom stereocenters. The number of aliphatic imine (C=N–C) groups is 1. The maximum Gasteiger partial charge on any atom is 0.193 e. The number of likely N-dealkylation sites (tertiary alicyclic amines) is 1. The van der Waals surface area contributed by atoms with Crippen LogP contribution < -0.4 is 5.32 Å². The minimum absolute atomic E-state index is 0.125. The summed E-state index contributed by atoms with van der Waals surface area (Å²) in [7, 11) is 3.69. The second-order valence-electron chi connectivity index (χ2n) is 7.52. The van der Waals surface area contributed by atoms with Crippen LogP contribution in [0.15, 0.2) is 35.3 Å². The molecule has 0 bridgehead atoms. The number of methoxy groups -OCH3 is 1. The summed E-state index contributed by atoms with van der Waals surface area (Å²) in [4.78, 5) is 6.91. The van der Waals surface area contributed by atoms with Gasteiger partial charge in [0.1, 0.15) is 0 Å². The van der Waals surface area contributed by atoms with Gasteiger partial charge in [-0.3, -0.25) is 4.99 Å². The van der Waals surface area contributed by atoms with Gasteiger partial charge in [-0.1, -0.05) is 30.3 Å². The number of guanidine groups is 1. The lowest BCUT2D eigenvalue weighted by Gasteiger charge is -2.39. The predicted molar refractivity (Wildman–Crippen MR) is 106 cm³/mol. The second kappa shape index (κ2) is 9.38. The predicted octanol–water partition coefficient (Wildman–Crippen LogP) is 2.71. The van der Waals surface area contributed by atoms with Crippen molar-refractivity contribution in [3.8, 4) is 0 Å². The Balaban J connectivity index is 1.47. The lowest BCUT2D eigenvalue weighted by molar-refractivity contribution is -0.0858. The van der Waals surface area contributed by atoms with E-state index in [1.807, 2.05) is 14.2 Å². The molecule has 144 valence electrons. The van der Waals surface area contributed by atoms with Gasteiger partial charge in [-0.25, -0.2) is 0 Å². The molecule has 0 aromatic heterocycles. The first kappa shape index (κ1) is 19.2. The molecule has 2 aliphatic heterocycles. The van der Waals surface area contributed by atoms with Crippen LogP contribution in [0.25, 0.3) is 0 Å². The first-order valence-corrected chi connectivity index (χ1v) is 9.87.